The zero-order chi connectivity index (χ0) is 4.28. The van der Waals surface area contributed by atoms with Crippen molar-refractivity contribution in [3.8, 4) is 0 Å². The number of halogens is 3. The zero-order valence-corrected chi connectivity index (χ0v) is 8.11. The highest BCUT2D eigenvalue weighted by Crippen LogP contribution is 2.15. The van der Waals surface area contributed by atoms with Crippen molar-refractivity contribution < 1.29 is 0 Å². The van der Waals surface area contributed by atoms with Crippen LogP contribution in [-0.4, -0.2) is 0 Å². The van der Waals surface area contributed by atoms with Crippen LogP contribution in [0.3, 0.4) is 0 Å². The minimum Gasteiger partial charge on any atom is -0.0578 e. The number of hydrogen-bond donors (Lipinski definition) is 0. The Morgan fingerprint density at radius 1 is 1.60 bits per heavy atom. The van der Waals surface area contributed by atoms with E-state index in [1.54, 1.807) is 0 Å². The van der Waals surface area contributed by atoms with E-state index in [1.807, 2.05) is 4.99 Å². The molecule has 0 aliphatic carbocycles. The highest BCUT2D eigenvalue weighted by Gasteiger charge is 1.68. The lowest BCUT2D eigenvalue weighted by Crippen LogP contribution is -1.28. The van der Waals surface area contributed by atoms with Crippen molar-refractivity contribution >= 4 is 61.1 Å². The summed E-state index contributed by atoms with van der Waals surface area (Å²) in [5, 5.41) is 0. The van der Waals surface area contributed by atoms with Crippen LogP contribution in [0.1, 0.15) is 0 Å². The van der Waals surface area contributed by atoms with E-state index in [4.69, 9.17) is 0 Å². The molecule has 0 unspecified atom stereocenters. The van der Waals surface area contributed by atoms with Crippen molar-refractivity contribution in [3.05, 3.63) is 6.57 Å². The predicted octanol–water partition coefficient (Wildman–Crippen LogP) is 3.05. The molecule has 5 heavy (non-hydrogen) atoms. The van der Waals surface area contributed by atoms with Gasteiger partial charge in [-0.2, -0.15) is 0 Å². The standard InChI is InChI=1S/C2HBrI2/c3-1-2(4)5/h1H. The molecule has 30 valence electrons. The molecule has 0 nitrogen and oxygen atoms in total. The first-order valence-electron chi connectivity index (χ1n) is 0.885. The Hall–Kier alpha value is 1.68. The van der Waals surface area contributed by atoms with Crippen molar-refractivity contribution in [2.45, 2.75) is 0 Å². The molecular weight excluding hydrogens is 358 g/mol. The monoisotopic (exact) mass is 358 g/mol. The molecule has 0 aliphatic rings. The average Bonchev–Trinajstić information content (AvgIpc) is 1.38. The van der Waals surface area contributed by atoms with Crippen LogP contribution >= 0.6 is 61.1 Å². The minimum absolute atomic E-state index is 1.24. The molecule has 3 heteroatoms. The van der Waals surface area contributed by atoms with Crippen LogP contribution < -0.4 is 0 Å². The van der Waals surface area contributed by atoms with Crippen LogP contribution in [-0.2, 0) is 0 Å². The summed E-state index contributed by atoms with van der Waals surface area (Å²) in [7, 11) is 0. The molecule has 0 spiro atoms. The molecule has 0 aromatic rings. The molecule has 0 aromatic carbocycles. The number of rotatable bonds is 0. The third-order valence-corrected chi connectivity index (χ3v) is 2.87. The molecule has 0 N–H and O–H groups in total. The lowest BCUT2D eigenvalue weighted by atomic mass is 11.3. The molecule has 0 saturated heterocycles. The van der Waals surface area contributed by atoms with Gasteiger partial charge in [0.1, 0.15) is 0 Å². The third kappa shape index (κ3) is 5.68. The van der Waals surface area contributed by atoms with E-state index in [9.17, 15) is 0 Å². The highest BCUT2D eigenvalue weighted by molar-refractivity contribution is 14.2. The van der Waals surface area contributed by atoms with Crippen LogP contribution in [0.4, 0.5) is 0 Å². The Morgan fingerprint density at radius 3 is 1.80 bits per heavy atom. The Balaban J connectivity index is 3.14. The van der Waals surface area contributed by atoms with Crippen LogP contribution in [0.2, 0.25) is 0 Å². The summed E-state index contributed by atoms with van der Waals surface area (Å²) < 4.78 is 1.24. The normalized spacial score (nSPS) is 7.00. The Morgan fingerprint density at radius 2 is 1.80 bits per heavy atom. The van der Waals surface area contributed by atoms with Gasteiger partial charge in [0, 0.05) is 4.99 Å². The summed E-state index contributed by atoms with van der Waals surface area (Å²) in [5.41, 5.74) is 0. The minimum atomic E-state index is 1.24. The molecule has 0 aromatic heterocycles. The van der Waals surface area contributed by atoms with Gasteiger partial charge in [-0.05, 0) is 45.2 Å². The van der Waals surface area contributed by atoms with E-state index in [2.05, 4.69) is 61.1 Å². The van der Waals surface area contributed by atoms with E-state index in [0.29, 0.717) is 0 Å². The van der Waals surface area contributed by atoms with Crippen LogP contribution in [0, 0.1) is 0 Å². The molecule has 0 aliphatic heterocycles. The molecule has 0 atom stereocenters. The summed E-state index contributed by atoms with van der Waals surface area (Å²) in [6.45, 7) is 0. The summed E-state index contributed by atoms with van der Waals surface area (Å²) in [6.07, 6.45) is 0. The van der Waals surface area contributed by atoms with E-state index < -0.39 is 0 Å². The van der Waals surface area contributed by atoms with Gasteiger partial charge in [-0.25, -0.2) is 0 Å². The molecular formula is C2HBrI2. The maximum Gasteiger partial charge on any atom is 0.0583 e. The second-order valence-corrected chi connectivity index (χ2v) is 5.25. The van der Waals surface area contributed by atoms with E-state index in [-0.39, 0.29) is 0 Å². The molecule has 0 rings (SSSR count). The van der Waals surface area contributed by atoms with E-state index in [1.165, 1.54) is 1.59 Å². The second-order valence-electron chi connectivity index (χ2n) is 0.399. The fourth-order valence-electron chi connectivity index (χ4n) is 0. The second kappa shape index (κ2) is 3.86. The van der Waals surface area contributed by atoms with Crippen LogP contribution in [0.25, 0.3) is 0 Å². The molecule has 0 saturated carbocycles. The first kappa shape index (κ1) is 6.68. The summed E-state index contributed by atoms with van der Waals surface area (Å²) in [5.74, 6) is 0. The summed E-state index contributed by atoms with van der Waals surface area (Å²) in [4.78, 5) is 1.87. The van der Waals surface area contributed by atoms with Crippen molar-refractivity contribution in [3.63, 3.8) is 0 Å². The molecule has 0 radical (unpaired) electrons. The lowest BCUT2D eigenvalue weighted by molar-refractivity contribution is 2.64. The molecule has 0 amide bonds. The van der Waals surface area contributed by atoms with Gasteiger partial charge >= 0.3 is 0 Å². The fourth-order valence-corrected chi connectivity index (χ4v) is 0. The van der Waals surface area contributed by atoms with Gasteiger partial charge in [0.15, 0.2) is 0 Å². The van der Waals surface area contributed by atoms with Crippen molar-refractivity contribution in [2.24, 2.45) is 0 Å². The zero-order valence-electron chi connectivity index (χ0n) is 2.21. The Kier molecular flexibility index (Phi) is 5.15. The summed E-state index contributed by atoms with van der Waals surface area (Å²) >= 11 is 7.55. The first-order valence-corrected chi connectivity index (χ1v) is 3.96. The molecule has 0 fully saturated rings. The number of hydrogen-bond acceptors (Lipinski definition) is 0. The molecule has 0 heterocycles. The fraction of sp³-hybridized carbons (Fsp3) is 0. The highest BCUT2D eigenvalue weighted by atomic mass is 127. The van der Waals surface area contributed by atoms with Crippen LogP contribution in [0.5, 0.6) is 0 Å². The van der Waals surface area contributed by atoms with E-state index in [0.717, 1.165) is 0 Å². The average molecular weight is 359 g/mol. The van der Waals surface area contributed by atoms with E-state index >= 15 is 0 Å². The SMILES string of the molecule is BrC=C(I)I. The smallest absolute Gasteiger partial charge is 0.0578 e. The Labute approximate surface area is 66.8 Å². The topological polar surface area (TPSA) is 0 Å². The Bertz CT molecular complexity index is 45.6. The van der Waals surface area contributed by atoms with Gasteiger partial charge < -0.3 is 0 Å². The largest absolute Gasteiger partial charge is 0.0583 e. The maximum atomic E-state index is 3.14. The van der Waals surface area contributed by atoms with Crippen molar-refractivity contribution in [1.29, 1.82) is 0 Å². The van der Waals surface area contributed by atoms with Gasteiger partial charge in [0.2, 0.25) is 0 Å². The van der Waals surface area contributed by atoms with Crippen molar-refractivity contribution in [2.75, 3.05) is 0 Å². The van der Waals surface area contributed by atoms with Gasteiger partial charge in [0.05, 0.1) is 1.59 Å². The van der Waals surface area contributed by atoms with Gasteiger partial charge in [-0.3, -0.25) is 0 Å². The first-order chi connectivity index (χ1) is 2.27. The lowest BCUT2D eigenvalue weighted by Gasteiger charge is -1.66. The summed E-state index contributed by atoms with van der Waals surface area (Å²) in [6, 6.07) is 0. The van der Waals surface area contributed by atoms with Gasteiger partial charge in [0.25, 0.3) is 0 Å². The van der Waals surface area contributed by atoms with Gasteiger partial charge in [-0.15, -0.1) is 0 Å². The van der Waals surface area contributed by atoms with Gasteiger partial charge in [-0.1, -0.05) is 15.9 Å². The quantitative estimate of drug-likeness (QED) is 0.584. The van der Waals surface area contributed by atoms with Crippen molar-refractivity contribution in [1.82, 2.24) is 0 Å². The molecule has 0 bridgehead atoms. The maximum absolute atomic E-state index is 3.14. The third-order valence-electron chi connectivity index (χ3n) is 0.0825. The predicted molar refractivity (Wildman–Crippen MR) is 45.0 cm³/mol. The van der Waals surface area contributed by atoms with Crippen LogP contribution in [0.15, 0.2) is 6.57 Å².